The lowest BCUT2D eigenvalue weighted by Crippen LogP contribution is -2.43. The first kappa shape index (κ1) is 26.2. The van der Waals surface area contributed by atoms with Crippen molar-refractivity contribution >= 4 is 34.7 Å². The number of nitrogens with one attached hydrogen (secondary N) is 3. The highest BCUT2D eigenvalue weighted by Gasteiger charge is 2.43. The maximum Gasteiger partial charge on any atom is 0.279 e. The van der Waals surface area contributed by atoms with Crippen molar-refractivity contribution in [2.24, 2.45) is 0 Å². The number of hydrogen-bond acceptors (Lipinski definition) is 7. The van der Waals surface area contributed by atoms with E-state index in [1.54, 1.807) is 25.4 Å². The number of hydrogen-bond donors (Lipinski definition) is 3. The van der Waals surface area contributed by atoms with Crippen molar-refractivity contribution in [1.29, 1.82) is 0 Å². The first-order valence-electron chi connectivity index (χ1n) is 12.0. The second-order valence-electron chi connectivity index (χ2n) is 8.39. The molecule has 0 bridgehead atoms. The number of pyridine rings is 1. The van der Waals surface area contributed by atoms with Crippen LogP contribution in [0.1, 0.15) is 61.2 Å². The number of H-pyrrole nitrogens is 1. The van der Waals surface area contributed by atoms with E-state index in [9.17, 15) is 19.2 Å². The molecule has 9 nitrogen and oxygen atoms in total. The summed E-state index contributed by atoms with van der Waals surface area (Å²) in [4.78, 5) is 58.4. The van der Waals surface area contributed by atoms with E-state index in [0.717, 1.165) is 37.0 Å². The molecular weight excluding hydrogens is 466 g/mol. The number of anilines is 1. The quantitative estimate of drug-likeness (QED) is 0.504. The highest BCUT2D eigenvalue weighted by molar-refractivity contribution is 7.09. The van der Waals surface area contributed by atoms with Crippen LogP contribution in [0.5, 0.6) is 0 Å². The third-order valence-corrected chi connectivity index (χ3v) is 6.79. The van der Waals surface area contributed by atoms with Gasteiger partial charge in [-0.25, -0.2) is 0 Å². The van der Waals surface area contributed by atoms with Crippen LogP contribution < -0.4 is 16.1 Å². The van der Waals surface area contributed by atoms with Crippen LogP contribution in [0.3, 0.4) is 0 Å². The van der Waals surface area contributed by atoms with Gasteiger partial charge in [0.15, 0.2) is 0 Å². The smallest absolute Gasteiger partial charge is 0.279 e. The Morgan fingerprint density at radius 3 is 2.40 bits per heavy atom. The fraction of sp³-hybridized carbons (Fsp3) is 0.440. The Kier molecular flexibility index (Phi) is 8.86. The highest BCUT2D eigenvalue weighted by atomic mass is 32.1. The van der Waals surface area contributed by atoms with E-state index in [2.05, 4.69) is 15.6 Å². The van der Waals surface area contributed by atoms with Gasteiger partial charge in [-0.1, -0.05) is 39.2 Å². The summed E-state index contributed by atoms with van der Waals surface area (Å²) in [7, 11) is 3.11. The zero-order chi connectivity index (χ0) is 25.5. The van der Waals surface area contributed by atoms with Gasteiger partial charge in [0, 0.05) is 44.0 Å². The molecule has 1 aliphatic heterocycles. The van der Waals surface area contributed by atoms with E-state index < -0.39 is 17.2 Å². The molecule has 3 amide bonds. The fourth-order valence-electron chi connectivity index (χ4n) is 4.20. The van der Waals surface area contributed by atoms with E-state index in [1.165, 1.54) is 22.2 Å². The molecule has 0 unspecified atom stereocenters. The van der Waals surface area contributed by atoms with Crippen molar-refractivity contribution < 1.29 is 14.4 Å². The molecule has 2 aliphatic rings. The summed E-state index contributed by atoms with van der Waals surface area (Å²) < 4.78 is 0. The Hall–Kier alpha value is -3.40. The number of rotatable bonds is 7. The molecule has 2 aromatic rings. The maximum absolute atomic E-state index is 13.4. The van der Waals surface area contributed by atoms with Crippen LogP contribution in [-0.2, 0) is 16.1 Å². The first-order valence-corrected chi connectivity index (χ1v) is 12.8. The molecule has 1 fully saturated rings. The Labute approximate surface area is 209 Å². The minimum atomic E-state index is -0.547. The van der Waals surface area contributed by atoms with Gasteiger partial charge in [0.25, 0.3) is 17.7 Å². The number of imide groups is 1. The van der Waals surface area contributed by atoms with Crippen LogP contribution in [0.4, 0.5) is 5.69 Å². The van der Waals surface area contributed by atoms with E-state index in [1.807, 2.05) is 31.4 Å². The highest BCUT2D eigenvalue weighted by Crippen LogP contribution is 2.30. The molecule has 2 aromatic heterocycles. The Balaban J connectivity index is 0.00000167. The summed E-state index contributed by atoms with van der Waals surface area (Å²) in [6.45, 7) is 4.38. The molecule has 0 spiro atoms. The topological polar surface area (TPSA) is 115 Å². The van der Waals surface area contributed by atoms with Crippen LogP contribution in [0.15, 0.2) is 46.1 Å². The molecule has 3 heterocycles. The van der Waals surface area contributed by atoms with Crippen LogP contribution in [-0.4, -0.2) is 52.6 Å². The molecule has 0 saturated heterocycles. The average Bonchev–Trinajstić information content (AvgIpc) is 3.47. The first-order chi connectivity index (χ1) is 16.9. The van der Waals surface area contributed by atoms with Gasteiger partial charge in [0.05, 0.1) is 0 Å². The summed E-state index contributed by atoms with van der Waals surface area (Å²) in [6, 6.07) is 3.70. The van der Waals surface area contributed by atoms with Crippen LogP contribution in [0, 0.1) is 0 Å². The van der Waals surface area contributed by atoms with Gasteiger partial charge in [-0.15, -0.1) is 11.3 Å². The van der Waals surface area contributed by atoms with Crippen molar-refractivity contribution in [3.8, 4) is 0 Å². The number of thiophene rings is 1. The number of nitrogens with zero attached hydrogens (tertiary/aromatic N) is 2. The summed E-state index contributed by atoms with van der Waals surface area (Å²) in [5, 5.41) is 7.91. The zero-order valence-electron chi connectivity index (χ0n) is 20.6. The summed E-state index contributed by atoms with van der Waals surface area (Å²) in [5.74, 6) is -1.30. The maximum atomic E-state index is 13.4. The SMILES string of the molecule is CC.CN(C)C(=O)c1c[nH]cc(NC2=C(NCc3cccs3)C(=O)N(C3CCCCC3)C2=O)c1=O. The van der Waals surface area contributed by atoms with Gasteiger partial charge in [0.2, 0.25) is 5.43 Å². The minimum absolute atomic E-state index is 0.0276. The monoisotopic (exact) mass is 499 g/mol. The fourth-order valence-corrected chi connectivity index (χ4v) is 4.84. The van der Waals surface area contributed by atoms with Crippen LogP contribution in [0.2, 0.25) is 0 Å². The van der Waals surface area contributed by atoms with Crippen LogP contribution in [0.25, 0.3) is 0 Å². The molecule has 1 saturated carbocycles. The van der Waals surface area contributed by atoms with Crippen LogP contribution >= 0.6 is 11.3 Å². The molecule has 35 heavy (non-hydrogen) atoms. The second kappa shape index (κ2) is 11.8. The molecular formula is C25H33N5O4S. The molecule has 0 radical (unpaired) electrons. The molecule has 0 atom stereocenters. The summed E-state index contributed by atoms with van der Waals surface area (Å²) in [5.41, 5.74) is -0.405. The van der Waals surface area contributed by atoms with Gasteiger partial charge in [-0.05, 0) is 24.3 Å². The number of carbonyl (C=O) groups excluding carboxylic acids is 3. The second-order valence-corrected chi connectivity index (χ2v) is 9.42. The zero-order valence-corrected chi connectivity index (χ0v) is 21.5. The predicted octanol–water partition coefficient (Wildman–Crippen LogP) is 3.28. The molecule has 188 valence electrons. The molecule has 3 N–H and O–H groups in total. The van der Waals surface area contributed by atoms with Crippen molar-refractivity contribution in [3.63, 3.8) is 0 Å². The lowest BCUT2D eigenvalue weighted by Gasteiger charge is -2.29. The van der Waals surface area contributed by atoms with E-state index in [0.29, 0.717) is 6.54 Å². The lowest BCUT2D eigenvalue weighted by atomic mass is 9.94. The predicted molar refractivity (Wildman–Crippen MR) is 137 cm³/mol. The van der Waals surface area contributed by atoms with Gasteiger partial charge >= 0.3 is 0 Å². The number of carbonyl (C=O) groups is 3. The van der Waals surface area contributed by atoms with E-state index in [4.69, 9.17) is 0 Å². The van der Waals surface area contributed by atoms with Gasteiger partial charge in [-0.2, -0.15) is 0 Å². The van der Waals surface area contributed by atoms with Crippen molar-refractivity contribution in [2.75, 3.05) is 19.4 Å². The normalized spacial score (nSPS) is 16.2. The third-order valence-electron chi connectivity index (χ3n) is 5.92. The lowest BCUT2D eigenvalue weighted by molar-refractivity contribution is -0.141. The molecule has 0 aromatic carbocycles. The van der Waals surface area contributed by atoms with E-state index >= 15 is 0 Å². The number of aromatic amines is 1. The average molecular weight is 500 g/mol. The Morgan fingerprint density at radius 2 is 1.77 bits per heavy atom. The summed E-state index contributed by atoms with van der Waals surface area (Å²) in [6.07, 6.45) is 7.30. The molecule has 4 rings (SSSR count). The standard InChI is InChI=1S/C23H27N5O4S.C2H6/c1-27(2)21(30)16-12-24-13-17(20(16)29)26-19-18(25-11-15-9-6-10-33-15)22(31)28(23(19)32)14-7-4-3-5-8-14;1-2/h6,9-10,12-14,25-26H,3-5,7-8,11H2,1-2H3,(H,24,29);1-2H3. The van der Waals surface area contributed by atoms with E-state index in [-0.39, 0.29) is 34.6 Å². The van der Waals surface area contributed by atoms with Crippen molar-refractivity contribution in [1.82, 2.24) is 20.1 Å². The van der Waals surface area contributed by atoms with Crippen molar-refractivity contribution in [2.45, 2.75) is 58.5 Å². The summed E-state index contributed by atoms with van der Waals surface area (Å²) >= 11 is 1.54. The molecule has 1 aliphatic carbocycles. The largest absolute Gasteiger partial charge is 0.374 e. The number of amides is 3. The van der Waals surface area contributed by atoms with Gasteiger partial charge in [-0.3, -0.25) is 24.1 Å². The third kappa shape index (κ3) is 5.64. The van der Waals surface area contributed by atoms with Crippen molar-refractivity contribution in [3.05, 3.63) is 62.0 Å². The molecule has 10 heteroatoms. The minimum Gasteiger partial charge on any atom is -0.374 e. The number of aromatic nitrogens is 1. The Morgan fingerprint density at radius 1 is 1.09 bits per heavy atom. The van der Waals surface area contributed by atoms with Gasteiger partial charge < -0.3 is 20.5 Å². The Bertz CT molecular complexity index is 1150. The van der Waals surface area contributed by atoms with Gasteiger partial charge in [0.1, 0.15) is 22.6 Å².